The Balaban J connectivity index is 1.96. The molecule has 0 spiro atoms. The summed E-state index contributed by atoms with van der Waals surface area (Å²) >= 11 is 2.22. The summed E-state index contributed by atoms with van der Waals surface area (Å²) in [6.07, 6.45) is 7.56. The van der Waals surface area contributed by atoms with Crippen LogP contribution in [0.25, 0.3) is 0 Å². The second-order valence-corrected chi connectivity index (χ2v) is 6.12. The Hall–Kier alpha value is -0.390. The van der Waals surface area contributed by atoms with Gasteiger partial charge in [0, 0.05) is 22.0 Å². The van der Waals surface area contributed by atoms with E-state index in [1.54, 1.807) is 0 Å². The van der Waals surface area contributed by atoms with Gasteiger partial charge in [-0.1, -0.05) is 13.8 Å². The van der Waals surface area contributed by atoms with Crippen LogP contribution < -0.4 is 5.32 Å². The summed E-state index contributed by atoms with van der Waals surface area (Å²) in [5.41, 5.74) is 0. The topological polar surface area (TPSA) is 37.8 Å². The molecule has 2 rings (SSSR count). The Morgan fingerprint density at radius 1 is 1.25 bits per heavy atom. The van der Waals surface area contributed by atoms with Gasteiger partial charge >= 0.3 is 0 Å². The monoisotopic (exact) mass is 331 g/mol. The van der Waals surface area contributed by atoms with Crippen molar-refractivity contribution in [3.05, 3.63) is 16.0 Å². The Kier molecular flexibility index (Phi) is 4.00. The summed E-state index contributed by atoms with van der Waals surface area (Å²) in [6, 6.07) is 0.538. The number of nitrogens with zero attached hydrogens (tertiary/aromatic N) is 2. The largest absolute Gasteiger partial charge is 0.351 e. The predicted molar refractivity (Wildman–Crippen MR) is 74.3 cm³/mol. The van der Waals surface area contributed by atoms with Gasteiger partial charge in [0.05, 0.1) is 0 Å². The molecule has 0 amide bonds. The zero-order valence-corrected chi connectivity index (χ0v) is 11.9. The first-order valence-corrected chi connectivity index (χ1v) is 6.97. The van der Waals surface area contributed by atoms with E-state index in [1.807, 2.05) is 12.4 Å². The molecule has 0 bridgehead atoms. The smallest absolute Gasteiger partial charge is 0.222 e. The number of hydrogen-bond donors (Lipinski definition) is 1. The van der Waals surface area contributed by atoms with Gasteiger partial charge in [-0.3, -0.25) is 0 Å². The second-order valence-electron chi connectivity index (χ2n) is 4.87. The van der Waals surface area contributed by atoms with Crippen molar-refractivity contribution in [1.82, 2.24) is 9.97 Å². The van der Waals surface area contributed by atoms with Crippen molar-refractivity contribution in [3.63, 3.8) is 0 Å². The first-order chi connectivity index (χ1) is 7.65. The van der Waals surface area contributed by atoms with Crippen LogP contribution in [0, 0.1) is 15.4 Å². The Morgan fingerprint density at radius 3 is 2.56 bits per heavy atom. The molecule has 0 saturated heterocycles. The highest BCUT2D eigenvalue weighted by molar-refractivity contribution is 14.1. The first-order valence-electron chi connectivity index (χ1n) is 5.89. The highest BCUT2D eigenvalue weighted by atomic mass is 127. The third-order valence-corrected chi connectivity index (χ3v) is 3.92. The molecule has 1 fully saturated rings. The Morgan fingerprint density at radius 2 is 1.94 bits per heavy atom. The molecule has 1 aliphatic carbocycles. The van der Waals surface area contributed by atoms with Crippen LogP contribution in [0.4, 0.5) is 5.95 Å². The summed E-state index contributed by atoms with van der Waals surface area (Å²) in [6.45, 7) is 4.66. The molecule has 3 atom stereocenters. The first kappa shape index (κ1) is 12.1. The SMILES string of the molecule is CC1CCC(Nc2ncc(I)cn2)C(C)C1. The molecule has 88 valence electrons. The zero-order valence-electron chi connectivity index (χ0n) is 9.78. The van der Waals surface area contributed by atoms with Crippen LogP contribution in [-0.4, -0.2) is 16.0 Å². The molecule has 1 N–H and O–H groups in total. The molecule has 4 heteroatoms. The summed E-state index contributed by atoms with van der Waals surface area (Å²) < 4.78 is 1.08. The lowest BCUT2D eigenvalue weighted by atomic mass is 9.80. The van der Waals surface area contributed by atoms with Gasteiger partial charge in [0.1, 0.15) is 0 Å². The highest BCUT2D eigenvalue weighted by Crippen LogP contribution is 2.30. The summed E-state index contributed by atoms with van der Waals surface area (Å²) in [5.74, 6) is 2.35. The van der Waals surface area contributed by atoms with E-state index in [9.17, 15) is 0 Å². The maximum Gasteiger partial charge on any atom is 0.222 e. The number of hydrogen-bond acceptors (Lipinski definition) is 3. The van der Waals surface area contributed by atoms with Gasteiger partial charge in [0.2, 0.25) is 5.95 Å². The number of nitrogens with one attached hydrogen (secondary N) is 1. The summed E-state index contributed by atoms with van der Waals surface area (Å²) in [5, 5.41) is 3.45. The maximum absolute atomic E-state index is 4.30. The average molecular weight is 331 g/mol. The summed E-state index contributed by atoms with van der Waals surface area (Å²) in [4.78, 5) is 8.59. The standard InChI is InChI=1S/C12H18IN3/c1-8-3-4-11(9(2)5-8)16-12-14-6-10(13)7-15-12/h6-9,11H,3-5H2,1-2H3,(H,14,15,16). The van der Waals surface area contributed by atoms with Gasteiger partial charge in [-0.2, -0.15) is 0 Å². The minimum Gasteiger partial charge on any atom is -0.351 e. The van der Waals surface area contributed by atoms with Crippen molar-refractivity contribution in [2.75, 3.05) is 5.32 Å². The third kappa shape index (κ3) is 3.06. The molecule has 1 aromatic heterocycles. The van der Waals surface area contributed by atoms with Crippen LogP contribution in [0.2, 0.25) is 0 Å². The molecule has 0 aliphatic heterocycles. The number of rotatable bonds is 2. The predicted octanol–water partition coefficient (Wildman–Crippen LogP) is 3.32. The van der Waals surface area contributed by atoms with E-state index >= 15 is 0 Å². The lowest BCUT2D eigenvalue weighted by Gasteiger charge is -2.33. The quantitative estimate of drug-likeness (QED) is 0.845. The van der Waals surface area contributed by atoms with Crippen molar-refractivity contribution in [2.24, 2.45) is 11.8 Å². The third-order valence-electron chi connectivity index (χ3n) is 3.37. The van der Waals surface area contributed by atoms with E-state index in [1.165, 1.54) is 19.3 Å². The van der Waals surface area contributed by atoms with Crippen molar-refractivity contribution in [1.29, 1.82) is 0 Å². The molecule has 3 nitrogen and oxygen atoms in total. The van der Waals surface area contributed by atoms with E-state index in [2.05, 4.69) is 51.7 Å². The van der Waals surface area contributed by atoms with Crippen molar-refractivity contribution in [2.45, 2.75) is 39.2 Å². The Labute approximate surface area is 111 Å². The maximum atomic E-state index is 4.30. The number of aromatic nitrogens is 2. The number of anilines is 1. The van der Waals surface area contributed by atoms with Gasteiger partial charge in [-0.15, -0.1) is 0 Å². The molecule has 1 heterocycles. The van der Waals surface area contributed by atoms with E-state index < -0.39 is 0 Å². The van der Waals surface area contributed by atoms with E-state index in [-0.39, 0.29) is 0 Å². The minimum absolute atomic E-state index is 0.538. The molecule has 1 saturated carbocycles. The Bertz CT molecular complexity index is 339. The van der Waals surface area contributed by atoms with Gasteiger partial charge in [-0.05, 0) is 53.7 Å². The normalized spacial score (nSPS) is 30.1. The van der Waals surface area contributed by atoms with Crippen LogP contribution in [0.3, 0.4) is 0 Å². The van der Waals surface area contributed by atoms with E-state index in [0.717, 1.165) is 15.4 Å². The minimum atomic E-state index is 0.538. The fourth-order valence-corrected chi connectivity index (χ4v) is 2.71. The highest BCUT2D eigenvalue weighted by Gasteiger charge is 2.25. The van der Waals surface area contributed by atoms with E-state index in [0.29, 0.717) is 12.0 Å². The molecule has 16 heavy (non-hydrogen) atoms. The van der Waals surface area contributed by atoms with Gasteiger partial charge in [-0.25, -0.2) is 9.97 Å². The second kappa shape index (κ2) is 5.29. The molecular formula is C12H18IN3. The van der Waals surface area contributed by atoms with Crippen LogP contribution in [0.1, 0.15) is 33.1 Å². The van der Waals surface area contributed by atoms with Crippen LogP contribution in [0.15, 0.2) is 12.4 Å². The van der Waals surface area contributed by atoms with Crippen molar-refractivity contribution in [3.8, 4) is 0 Å². The summed E-state index contributed by atoms with van der Waals surface area (Å²) in [7, 11) is 0. The van der Waals surface area contributed by atoms with E-state index in [4.69, 9.17) is 0 Å². The van der Waals surface area contributed by atoms with Crippen LogP contribution in [0.5, 0.6) is 0 Å². The van der Waals surface area contributed by atoms with Gasteiger partial charge < -0.3 is 5.32 Å². The van der Waals surface area contributed by atoms with Crippen LogP contribution in [-0.2, 0) is 0 Å². The molecule has 0 radical (unpaired) electrons. The average Bonchev–Trinajstić information content (AvgIpc) is 2.25. The lowest BCUT2D eigenvalue weighted by Crippen LogP contribution is -2.33. The molecule has 1 aromatic rings. The number of halogens is 1. The fourth-order valence-electron chi connectivity index (χ4n) is 2.43. The van der Waals surface area contributed by atoms with Gasteiger partial charge in [0.25, 0.3) is 0 Å². The fraction of sp³-hybridized carbons (Fsp3) is 0.667. The van der Waals surface area contributed by atoms with Crippen LogP contribution >= 0.6 is 22.6 Å². The van der Waals surface area contributed by atoms with Crippen molar-refractivity contribution >= 4 is 28.5 Å². The van der Waals surface area contributed by atoms with Crippen molar-refractivity contribution < 1.29 is 0 Å². The molecule has 1 aliphatic rings. The molecule has 3 unspecified atom stereocenters. The molecule has 0 aromatic carbocycles. The lowest BCUT2D eigenvalue weighted by molar-refractivity contribution is 0.276. The zero-order chi connectivity index (χ0) is 11.5. The van der Waals surface area contributed by atoms with Gasteiger partial charge in [0.15, 0.2) is 0 Å². The molecular weight excluding hydrogens is 313 g/mol.